The molecule has 2 aromatic heterocycles. The van der Waals surface area contributed by atoms with Crippen molar-refractivity contribution in [1.29, 1.82) is 0 Å². The lowest BCUT2D eigenvalue weighted by atomic mass is 9.95. The quantitative estimate of drug-likeness (QED) is 0.168. The molecule has 6 rings (SSSR count). The van der Waals surface area contributed by atoms with Crippen molar-refractivity contribution < 1.29 is 58.6 Å². The number of nitrogens with one attached hydrogen (secondary N) is 1. The Kier molecular flexibility index (Phi) is 11.4. The number of fused-ring (bicyclic) bond motifs is 1. The predicted molar refractivity (Wildman–Crippen MR) is 188 cm³/mol. The van der Waals surface area contributed by atoms with Crippen LogP contribution in [0.1, 0.15) is 62.1 Å². The fraction of sp³-hybridized carbons (Fsp3) is 0.447. The Balaban J connectivity index is 1.36. The van der Waals surface area contributed by atoms with Crippen LogP contribution in [-0.4, -0.2) is 83.0 Å². The molecule has 0 radical (unpaired) electrons. The van der Waals surface area contributed by atoms with Gasteiger partial charge in [0.1, 0.15) is 17.5 Å². The van der Waals surface area contributed by atoms with Crippen LogP contribution in [0.5, 0.6) is 0 Å². The first-order chi connectivity index (χ1) is 26.6. The molecule has 0 aliphatic carbocycles. The summed E-state index contributed by atoms with van der Waals surface area (Å²) in [6.45, 7) is 4.15. The first-order valence-electron chi connectivity index (χ1n) is 17.7. The van der Waals surface area contributed by atoms with E-state index in [2.05, 4.69) is 20.5 Å². The molecule has 4 heterocycles. The summed E-state index contributed by atoms with van der Waals surface area (Å²) in [6, 6.07) is 7.60. The van der Waals surface area contributed by atoms with E-state index in [9.17, 15) is 31.5 Å². The minimum absolute atomic E-state index is 0.0987. The zero-order valence-electron chi connectivity index (χ0n) is 31.1. The van der Waals surface area contributed by atoms with E-state index in [-0.39, 0.29) is 31.3 Å². The van der Waals surface area contributed by atoms with Crippen LogP contribution < -0.4 is 10.2 Å². The number of halogens is 8. The number of hydrogen-bond acceptors (Lipinski definition) is 9. The highest BCUT2D eigenvalue weighted by atomic mass is 19.4. The second kappa shape index (κ2) is 15.6. The topological polar surface area (TPSA) is 123 Å². The fourth-order valence-corrected chi connectivity index (χ4v) is 6.68. The Hall–Kier alpha value is -5.17. The maximum absolute atomic E-state index is 16.1. The minimum atomic E-state index is -4.59. The van der Waals surface area contributed by atoms with Gasteiger partial charge in [-0.3, -0.25) is 14.7 Å². The normalized spacial score (nSPS) is 19.9. The third-order valence-corrected chi connectivity index (χ3v) is 9.28. The maximum atomic E-state index is 16.1. The van der Waals surface area contributed by atoms with Gasteiger partial charge in [0.2, 0.25) is 11.8 Å². The zero-order valence-corrected chi connectivity index (χ0v) is 31.1. The van der Waals surface area contributed by atoms with Crippen molar-refractivity contribution in [3.05, 3.63) is 83.1 Å². The van der Waals surface area contributed by atoms with Gasteiger partial charge in [0.05, 0.1) is 48.1 Å². The molecule has 0 saturated carbocycles. The number of rotatable bonds is 9. The standard InChI is InChI=1S/C38H38F8N6O5/c1-35(2,3)57-34(54)48-29-16-37(42,43)26-14-27(39)25(32-50-49-31(56-32)23-15-36(40,41)20-51(19-23)11-12-55-4)13-30(26)52(33(29)53)18-21-5-7-22(8-6-21)28-10-9-24(17-47-28)38(44,45)46/h5-10,13-14,17,23,29H,11-12,15-16,18-20H2,1-4H3,(H,48,54). The van der Waals surface area contributed by atoms with Gasteiger partial charge in [0.15, 0.2) is 0 Å². The van der Waals surface area contributed by atoms with Gasteiger partial charge in [-0.1, -0.05) is 24.3 Å². The number of methoxy groups -OCH3 is 1. The van der Waals surface area contributed by atoms with Crippen LogP contribution in [-0.2, 0) is 32.9 Å². The number of carbonyl (C=O) groups is 2. The molecule has 11 nitrogen and oxygen atoms in total. The van der Waals surface area contributed by atoms with Crippen molar-refractivity contribution >= 4 is 17.7 Å². The van der Waals surface area contributed by atoms with Gasteiger partial charge in [-0.15, -0.1) is 10.2 Å². The van der Waals surface area contributed by atoms with Crippen LogP contribution >= 0.6 is 0 Å². The molecule has 306 valence electrons. The summed E-state index contributed by atoms with van der Waals surface area (Å²) >= 11 is 0. The smallest absolute Gasteiger partial charge is 0.417 e. The summed E-state index contributed by atoms with van der Waals surface area (Å²) in [6.07, 6.45) is -6.98. The molecule has 2 aliphatic heterocycles. The Morgan fingerprint density at radius 3 is 2.37 bits per heavy atom. The van der Waals surface area contributed by atoms with E-state index >= 15 is 13.2 Å². The first kappa shape index (κ1) is 41.5. The zero-order chi connectivity index (χ0) is 41.5. The van der Waals surface area contributed by atoms with E-state index in [1.165, 1.54) is 63.1 Å². The van der Waals surface area contributed by atoms with Gasteiger partial charge < -0.3 is 24.1 Å². The highest BCUT2D eigenvalue weighted by Gasteiger charge is 2.48. The van der Waals surface area contributed by atoms with E-state index in [4.69, 9.17) is 13.9 Å². The Bertz CT molecular complexity index is 2090. The number of hydrogen-bond donors (Lipinski definition) is 1. The van der Waals surface area contributed by atoms with Crippen molar-refractivity contribution in [3.63, 3.8) is 0 Å². The average Bonchev–Trinajstić information content (AvgIpc) is 3.59. The summed E-state index contributed by atoms with van der Waals surface area (Å²) in [4.78, 5) is 33.2. The van der Waals surface area contributed by atoms with Crippen molar-refractivity contribution in [2.24, 2.45) is 0 Å². The van der Waals surface area contributed by atoms with E-state index in [0.29, 0.717) is 23.4 Å². The summed E-state index contributed by atoms with van der Waals surface area (Å²) in [5.74, 6) is -11.0. The molecule has 57 heavy (non-hydrogen) atoms. The van der Waals surface area contributed by atoms with E-state index < -0.39 is 108 Å². The summed E-state index contributed by atoms with van der Waals surface area (Å²) in [5, 5.41) is 9.97. The Morgan fingerprint density at radius 2 is 1.74 bits per heavy atom. The molecule has 2 aliphatic rings. The monoisotopic (exact) mass is 810 g/mol. The van der Waals surface area contributed by atoms with Gasteiger partial charge in [0, 0.05) is 50.4 Å². The summed E-state index contributed by atoms with van der Waals surface area (Å²) in [7, 11) is 1.43. The van der Waals surface area contributed by atoms with Crippen LogP contribution in [0.2, 0.25) is 0 Å². The molecule has 2 aromatic carbocycles. The summed E-state index contributed by atoms with van der Waals surface area (Å²) < 4.78 is 133. The second-order valence-electron chi connectivity index (χ2n) is 14.9. The Morgan fingerprint density at radius 1 is 1.02 bits per heavy atom. The molecule has 1 fully saturated rings. The molecule has 2 unspecified atom stereocenters. The van der Waals surface area contributed by atoms with Crippen LogP contribution in [0.15, 0.2) is 59.1 Å². The van der Waals surface area contributed by atoms with Gasteiger partial charge >= 0.3 is 12.3 Å². The lowest BCUT2D eigenvalue weighted by Crippen LogP contribution is -2.49. The SMILES string of the molecule is COCCN1CC(c2nnc(-c3cc4c(cc3F)C(F)(F)CC(NC(=O)OC(C)(C)C)C(=O)N4Cc3ccc(-c4ccc(C(F)(F)F)cn4)cc3)o2)CC(F)(F)C1. The number of carbonyl (C=O) groups excluding carboxylic acids is 2. The number of aromatic nitrogens is 3. The van der Waals surface area contributed by atoms with Crippen molar-refractivity contribution in [3.8, 4) is 22.7 Å². The predicted octanol–water partition coefficient (Wildman–Crippen LogP) is 7.95. The van der Waals surface area contributed by atoms with E-state index in [1.54, 1.807) is 0 Å². The first-order valence-corrected chi connectivity index (χ1v) is 17.7. The molecular weight excluding hydrogens is 772 g/mol. The molecule has 19 heteroatoms. The lowest BCUT2D eigenvalue weighted by molar-refractivity contribution is -0.137. The molecule has 0 spiro atoms. The number of benzene rings is 2. The van der Waals surface area contributed by atoms with Gasteiger partial charge in [0.25, 0.3) is 17.7 Å². The molecule has 1 saturated heterocycles. The Labute approximate surface area is 321 Å². The molecule has 2 amide bonds. The van der Waals surface area contributed by atoms with Gasteiger partial charge in [-0.2, -0.15) is 13.2 Å². The molecular formula is C38H38F8N6O5. The van der Waals surface area contributed by atoms with Gasteiger partial charge in [-0.25, -0.2) is 26.7 Å². The largest absolute Gasteiger partial charge is 0.444 e. The maximum Gasteiger partial charge on any atom is 0.417 e. The van der Waals surface area contributed by atoms with E-state index in [1.807, 2.05) is 0 Å². The molecule has 2 atom stereocenters. The molecule has 0 bridgehead atoms. The molecule has 1 N–H and O–H groups in total. The average molecular weight is 811 g/mol. The highest BCUT2D eigenvalue weighted by Crippen LogP contribution is 2.46. The second-order valence-corrected chi connectivity index (χ2v) is 14.9. The number of amides is 2. The van der Waals surface area contributed by atoms with Crippen LogP contribution in [0.25, 0.3) is 22.7 Å². The number of alkyl carbamates (subject to hydrolysis) is 1. The van der Waals surface area contributed by atoms with Crippen molar-refractivity contribution in [2.75, 3.05) is 38.3 Å². The summed E-state index contributed by atoms with van der Waals surface area (Å²) in [5.41, 5.74) is -2.93. The van der Waals surface area contributed by atoms with E-state index in [0.717, 1.165) is 17.0 Å². The van der Waals surface area contributed by atoms with Crippen molar-refractivity contribution in [2.45, 2.75) is 75.7 Å². The highest BCUT2D eigenvalue weighted by molar-refractivity contribution is 6.01. The van der Waals surface area contributed by atoms with Gasteiger partial charge in [-0.05, 0) is 50.6 Å². The minimum Gasteiger partial charge on any atom is -0.444 e. The van der Waals surface area contributed by atoms with Crippen LogP contribution in [0.3, 0.4) is 0 Å². The number of piperidine rings is 1. The number of anilines is 1. The van der Waals surface area contributed by atoms with Crippen LogP contribution in [0, 0.1) is 5.82 Å². The number of alkyl halides is 7. The number of likely N-dealkylation sites (tertiary alicyclic amines) is 1. The third-order valence-electron chi connectivity index (χ3n) is 9.28. The number of ether oxygens (including phenoxy) is 2. The van der Waals surface area contributed by atoms with Crippen LogP contribution in [0.4, 0.5) is 45.6 Å². The number of nitrogens with zero attached hydrogens (tertiary/aromatic N) is 5. The molecule has 4 aromatic rings. The lowest BCUT2D eigenvalue weighted by Gasteiger charge is -2.36. The third kappa shape index (κ3) is 9.69. The van der Waals surface area contributed by atoms with Crippen molar-refractivity contribution in [1.82, 2.24) is 25.4 Å². The number of pyridine rings is 1. The fourth-order valence-electron chi connectivity index (χ4n) is 6.68.